The minimum absolute atomic E-state index is 0.206. The molecule has 0 aliphatic carbocycles. The fraction of sp³-hybridized carbons (Fsp3) is 0. The minimum atomic E-state index is -0.402. The minimum Gasteiger partial charge on any atom is -0.508 e. The molecule has 0 unspecified atom stereocenters. The average molecular weight is 265 g/mol. The van der Waals surface area contributed by atoms with Crippen LogP contribution in [0.4, 0.5) is 0 Å². The Hall–Kier alpha value is -2.88. The molecule has 4 nitrogen and oxygen atoms in total. The zero-order chi connectivity index (χ0) is 13.9. The molecule has 0 radical (unpaired) electrons. The molecule has 3 rings (SSSR count). The van der Waals surface area contributed by atoms with Gasteiger partial charge in [-0.1, -0.05) is 24.3 Å². The van der Waals surface area contributed by atoms with E-state index in [2.05, 4.69) is 4.98 Å². The van der Waals surface area contributed by atoms with Crippen LogP contribution < -0.4 is 5.63 Å². The summed E-state index contributed by atoms with van der Waals surface area (Å²) in [4.78, 5) is 16.0. The number of fused-ring (bicyclic) bond motifs is 1. The molecule has 0 spiro atoms. The van der Waals surface area contributed by atoms with Crippen LogP contribution in [0, 0.1) is 0 Å². The lowest BCUT2D eigenvalue weighted by Gasteiger charge is -1.97. The summed E-state index contributed by atoms with van der Waals surface area (Å²) in [5.41, 5.74) is 1.08. The lowest BCUT2D eigenvalue weighted by Crippen LogP contribution is -2.02. The summed E-state index contributed by atoms with van der Waals surface area (Å²) < 4.78 is 5.13. The number of aromatic hydroxyl groups is 1. The number of nitrogens with zero attached hydrogens (tertiary/aromatic N) is 1. The molecule has 1 N–H and O–H groups in total. The number of rotatable bonds is 2. The van der Waals surface area contributed by atoms with Gasteiger partial charge in [-0.05, 0) is 35.9 Å². The van der Waals surface area contributed by atoms with Crippen molar-refractivity contribution in [3.63, 3.8) is 0 Å². The first-order valence-corrected chi connectivity index (χ1v) is 6.09. The van der Waals surface area contributed by atoms with Gasteiger partial charge in [0.2, 0.25) is 5.89 Å². The van der Waals surface area contributed by atoms with E-state index in [0.29, 0.717) is 10.9 Å². The van der Waals surface area contributed by atoms with Crippen LogP contribution in [0.2, 0.25) is 0 Å². The zero-order valence-corrected chi connectivity index (χ0v) is 10.5. The number of hydrogen-bond donors (Lipinski definition) is 1. The van der Waals surface area contributed by atoms with Gasteiger partial charge in [0.25, 0.3) is 0 Å². The van der Waals surface area contributed by atoms with Gasteiger partial charge in [-0.25, -0.2) is 9.78 Å². The molecule has 4 heteroatoms. The fourth-order valence-electron chi connectivity index (χ4n) is 1.86. The summed E-state index contributed by atoms with van der Waals surface area (Å²) >= 11 is 0. The summed E-state index contributed by atoms with van der Waals surface area (Å²) in [6, 6.07) is 13.7. The van der Waals surface area contributed by atoms with Gasteiger partial charge in [0.05, 0.1) is 10.9 Å². The second kappa shape index (κ2) is 5.01. The van der Waals surface area contributed by atoms with Crippen molar-refractivity contribution in [2.75, 3.05) is 0 Å². The summed E-state index contributed by atoms with van der Waals surface area (Å²) in [5.74, 6) is 0.458. The summed E-state index contributed by atoms with van der Waals surface area (Å²) in [5, 5.41) is 9.67. The third kappa shape index (κ3) is 2.44. The molecule has 1 heterocycles. The van der Waals surface area contributed by atoms with E-state index in [4.69, 9.17) is 4.42 Å². The molecule has 0 atom stereocenters. The Bertz CT molecular complexity index is 832. The van der Waals surface area contributed by atoms with E-state index in [1.54, 1.807) is 54.6 Å². The predicted molar refractivity (Wildman–Crippen MR) is 77.3 cm³/mol. The molecule has 0 aliphatic rings. The van der Waals surface area contributed by atoms with E-state index >= 15 is 0 Å². The molecule has 20 heavy (non-hydrogen) atoms. The highest BCUT2D eigenvalue weighted by Crippen LogP contribution is 2.13. The maximum Gasteiger partial charge on any atom is 0.347 e. The Balaban J connectivity index is 1.98. The maximum atomic E-state index is 11.8. The monoisotopic (exact) mass is 265 g/mol. The summed E-state index contributed by atoms with van der Waals surface area (Å²) in [6.45, 7) is 0. The van der Waals surface area contributed by atoms with Crippen LogP contribution >= 0.6 is 0 Å². The first kappa shape index (κ1) is 12.2. The molecule has 0 aliphatic heterocycles. The highest BCUT2D eigenvalue weighted by molar-refractivity contribution is 5.78. The van der Waals surface area contributed by atoms with Gasteiger partial charge in [0, 0.05) is 6.08 Å². The van der Waals surface area contributed by atoms with Gasteiger partial charge in [-0.2, -0.15) is 0 Å². The average Bonchev–Trinajstić information content (AvgIpc) is 2.47. The van der Waals surface area contributed by atoms with Crippen LogP contribution in [0.5, 0.6) is 5.75 Å². The van der Waals surface area contributed by atoms with Crippen molar-refractivity contribution in [1.82, 2.24) is 4.98 Å². The van der Waals surface area contributed by atoms with Gasteiger partial charge < -0.3 is 9.52 Å². The topological polar surface area (TPSA) is 63.3 Å². The highest BCUT2D eigenvalue weighted by atomic mass is 16.4. The number of para-hydroxylation sites is 1. The molecule has 3 aromatic rings. The zero-order valence-electron chi connectivity index (χ0n) is 10.5. The van der Waals surface area contributed by atoms with Crippen LogP contribution in [0.3, 0.4) is 0 Å². The van der Waals surface area contributed by atoms with Gasteiger partial charge in [0.15, 0.2) is 0 Å². The first-order valence-electron chi connectivity index (χ1n) is 6.09. The summed E-state index contributed by atoms with van der Waals surface area (Å²) in [6.07, 6.45) is 3.39. The number of aromatic nitrogens is 1. The molecular formula is C16H11NO3. The van der Waals surface area contributed by atoms with Crippen molar-refractivity contribution in [1.29, 1.82) is 0 Å². The lowest BCUT2D eigenvalue weighted by atomic mass is 10.2. The van der Waals surface area contributed by atoms with Crippen LogP contribution in [-0.4, -0.2) is 10.1 Å². The first-order chi connectivity index (χ1) is 9.72. The molecule has 0 saturated heterocycles. The van der Waals surface area contributed by atoms with E-state index in [0.717, 1.165) is 5.56 Å². The smallest absolute Gasteiger partial charge is 0.347 e. The third-order valence-electron chi connectivity index (χ3n) is 2.86. The van der Waals surface area contributed by atoms with Gasteiger partial charge in [-0.3, -0.25) is 0 Å². The number of hydrogen-bond acceptors (Lipinski definition) is 4. The van der Waals surface area contributed by atoms with E-state index in [-0.39, 0.29) is 11.6 Å². The molecule has 0 saturated carbocycles. The maximum absolute atomic E-state index is 11.8. The molecule has 0 amide bonds. The quantitative estimate of drug-likeness (QED) is 0.773. The van der Waals surface area contributed by atoms with Gasteiger partial charge in [-0.15, -0.1) is 0 Å². The van der Waals surface area contributed by atoms with E-state index in [9.17, 15) is 9.90 Å². The largest absolute Gasteiger partial charge is 0.508 e. The Kier molecular flexibility index (Phi) is 3.05. The molecular weight excluding hydrogens is 254 g/mol. The Morgan fingerprint density at radius 1 is 1.00 bits per heavy atom. The molecule has 98 valence electrons. The number of phenols is 1. The Morgan fingerprint density at radius 3 is 2.55 bits per heavy atom. The number of benzene rings is 2. The lowest BCUT2D eigenvalue weighted by molar-refractivity contribution is 0.475. The van der Waals surface area contributed by atoms with E-state index in [1.807, 2.05) is 6.07 Å². The van der Waals surface area contributed by atoms with Gasteiger partial charge in [0.1, 0.15) is 5.75 Å². The predicted octanol–water partition coefficient (Wildman–Crippen LogP) is 3.06. The van der Waals surface area contributed by atoms with Gasteiger partial charge >= 0.3 is 5.63 Å². The normalized spacial score (nSPS) is 11.2. The van der Waals surface area contributed by atoms with Crippen molar-refractivity contribution in [3.05, 3.63) is 70.4 Å². The highest BCUT2D eigenvalue weighted by Gasteiger charge is 2.02. The summed E-state index contributed by atoms with van der Waals surface area (Å²) in [7, 11) is 0. The second-order valence-electron chi connectivity index (χ2n) is 4.28. The molecule has 0 bridgehead atoms. The SMILES string of the molecule is O=c1oc(/C=C/c2ccc(O)cc2)nc2ccccc12. The Labute approximate surface area is 114 Å². The van der Waals surface area contributed by atoms with Crippen LogP contribution in [0.1, 0.15) is 11.5 Å². The van der Waals surface area contributed by atoms with Crippen LogP contribution in [-0.2, 0) is 0 Å². The second-order valence-corrected chi connectivity index (χ2v) is 4.28. The van der Waals surface area contributed by atoms with Crippen LogP contribution in [0.25, 0.3) is 23.1 Å². The van der Waals surface area contributed by atoms with Crippen molar-refractivity contribution in [2.45, 2.75) is 0 Å². The third-order valence-corrected chi connectivity index (χ3v) is 2.86. The number of phenolic OH excluding ortho intramolecular Hbond substituents is 1. The van der Waals surface area contributed by atoms with Crippen molar-refractivity contribution in [3.8, 4) is 5.75 Å². The molecule has 2 aromatic carbocycles. The molecule has 0 fully saturated rings. The van der Waals surface area contributed by atoms with Crippen LogP contribution in [0.15, 0.2) is 57.7 Å². The standard InChI is InChI=1S/C16H11NO3/c18-12-8-5-11(6-9-12)7-10-15-17-14-4-2-1-3-13(14)16(19)20-15/h1-10,18H/b10-7+. The van der Waals surface area contributed by atoms with E-state index in [1.165, 1.54) is 0 Å². The van der Waals surface area contributed by atoms with Crippen molar-refractivity contribution >= 4 is 23.1 Å². The fourth-order valence-corrected chi connectivity index (χ4v) is 1.86. The van der Waals surface area contributed by atoms with E-state index < -0.39 is 5.63 Å². The Morgan fingerprint density at radius 2 is 1.75 bits per heavy atom. The van der Waals surface area contributed by atoms with Crippen molar-refractivity contribution in [2.24, 2.45) is 0 Å². The van der Waals surface area contributed by atoms with Crippen molar-refractivity contribution < 1.29 is 9.52 Å². The molecule has 1 aromatic heterocycles.